The van der Waals surface area contributed by atoms with Crippen molar-refractivity contribution in [1.29, 1.82) is 0 Å². The highest BCUT2D eigenvalue weighted by Crippen LogP contribution is 2.41. The molecule has 1 aliphatic carbocycles. The molecule has 1 aliphatic heterocycles. The van der Waals surface area contributed by atoms with Gasteiger partial charge in [0.25, 0.3) is 0 Å². The third kappa shape index (κ3) is 4.45. The van der Waals surface area contributed by atoms with Gasteiger partial charge in [-0.1, -0.05) is 11.6 Å². The summed E-state index contributed by atoms with van der Waals surface area (Å²) in [6.07, 6.45) is -3.42. The van der Waals surface area contributed by atoms with E-state index >= 15 is 0 Å². The van der Waals surface area contributed by atoms with Crippen molar-refractivity contribution in [3.8, 4) is 0 Å². The van der Waals surface area contributed by atoms with E-state index in [4.69, 9.17) is 16.3 Å². The van der Waals surface area contributed by atoms with E-state index in [-0.39, 0.29) is 35.4 Å². The average molecular weight is 421 g/mol. The van der Waals surface area contributed by atoms with Crippen LogP contribution in [0.15, 0.2) is 0 Å². The van der Waals surface area contributed by atoms with E-state index in [2.05, 4.69) is 15.5 Å². The van der Waals surface area contributed by atoms with Crippen LogP contribution in [-0.4, -0.2) is 45.9 Å². The number of fused-ring (bicyclic) bond motifs is 1. The van der Waals surface area contributed by atoms with Crippen molar-refractivity contribution in [2.75, 3.05) is 18.4 Å². The van der Waals surface area contributed by atoms with Gasteiger partial charge in [-0.05, 0) is 52.4 Å². The molecule has 2 heterocycles. The van der Waals surface area contributed by atoms with Crippen LogP contribution in [0.5, 0.6) is 0 Å². The molecule has 1 amide bonds. The number of halogens is 4. The molecule has 6 nitrogen and oxygen atoms in total. The molecule has 1 aromatic heterocycles. The molecule has 1 N–H and O–H groups in total. The first-order valence-corrected chi connectivity index (χ1v) is 9.57. The van der Waals surface area contributed by atoms with Gasteiger partial charge in [0.2, 0.25) is 0 Å². The number of alkyl halides is 3. The van der Waals surface area contributed by atoms with E-state index in [1.165, 1.54) is 6.92 Å². The fraction of sp³-hybridized carbons (Fsp3) is 0.722. The van der Waals surface area contributed by atoms with Crippen LogP contribution in [0.4, 0.5) is 23.8 Å². The average Bonchev–Trinajstić information content (AvgIpc) is 3.05. The molecular weight excluding hydrogens is 397 g/mol. The molecule has 3 atom stereocenters. The number of aromatic nitrogens is 2. The maximum atomic E-state index is 13.2. The van der Waals surface area contributed by atoms with Crippen molar-refractivity contribution in [1.82, 2.24) is 15.1 Å². The number of carbonyl (C=O) groups is 1. The number of ether oxygens (including phenoxy) is 1. The Hall–Kier alpha value is -1.77. The molecule has 0 bridgehead atoms. The molecule has 0 radical (unpaired) electrons. The lowest BCUT2D eigenvalue weighted by atomic mass is 10.0. The van der Waals surface area contributed by atoms with Crippen molar-refractivity contribution >= 4 is 23.5 Å². The van der Waals surface area contributed by atoms with Crippen LogP contribution < -0.4 is 5.32 Å². The predicted octanol–water partition coefficient (Wildman–Crippen LogP) is 4.51. The Kier molecular flexibility index (Phi) is 5.42. The van der Waals surface area contributed by atoms with Crippen LogP contribution in [0, 0.1) is 18.8 Å². The summed E-state index contributed by atoms with van der Waals surface area (Å²) < 4.78 is 45.0. The minimum absolute atomic E-state index is 0.0222. The van der Waals surface area contributed by atoms with Gasteiger partial charge in [0.15, 0.2) is 11.0 Å². The molecule has 3 rings (SSSR count). The quantitative estimate of drug-likeness (QED) is 0.762. The molecule has 1 unspecified atom stereocenters. The normalized spacial score (nSPS) is 25.0. The zero-order valence-electron chi connectivity index (χ0n) is 16.2. The van der Waals surface area contributed by atoms with Crippen molar-refractivity contribution < 1.29 is 22.7 Å². The fourth-order valence-corrected chi connectivity index (χ4v) is 4.33. The third-order valence-corrected chi connectivity index (χ3v) is 5.47. The smallest absolute Gasteiger partial charge is 0.419 e. The third-order valence-electron chi connectivity index (χ3n) is 5.20. The van der Waals surface area contributed by atoms with E-state index in [0.717, 1.165) is 12.8 Å². The van der Waals surface area contributed by atoms with Crippen LogP contribution >= 0.6 is 11.6 Å². The van der Waals surface area contributed by atoms with E-state index in [1.807, 2.05) is 20.8 Å². The topological polar surface area (TPSA) is 67.4 Å². The summed E-state index contributed by atoms with van der Waals surface area (Å²) in [4.78, 5) is 13.9. The highest BCUT2D eigenvalue weighted by atomic mass is 35.5. The Labute approximate surface area is 166 Å². The van der Waals surface area contributed by atoms with Crippen LogP contribution in [0.1, 0.15) is 44.7 Å². The number of rotatable bonds is 2. The van der Waals surface area contributed by atoms with Gasteiger partial charge >= 0.3 is 12.3 Å². The lowest BCUT2D eigenvalue weighted by Crippen LogP contribution is -2.36. The van der Waals surface area contributed by atoms with Gasteiger partial charge < -0.3 is 15.0 Å². The molecular formula is C18H24ClF3N4O2. The van der Waals surface area contributed by atoms with Gasteiger partial charge in [0, 0.05) is 24.7 Å². The first kappa shape index (κ1) is 21.0. The molecule has 2 aliphatic rings. The van der Waals surface area contributed by atoms with E-state index < -0.39 is 22.5 Å². The molecule has 156 valence electrons. The van der Waals surface area contributed by atoms with E-state index in [9.17, 15) is 18.0 Å². The van der Waals surface area contributed by atoms with Gasteiger partial charge in [0.1, 0.15) is 11.2 Å². The molecule has 28 heavy (non-hydrogen) atoms. The first-order valence-electron chi connectivity index (χ1n) is 9.19. The van der Waals surface area contributed by atoms with E-state index in [0.29, 0.717) is 13.1 Å². The molecule has 2 fully saturated rings. The summed E-state index contributed by atoms with van der Waals surface area (Å²) >= 11 is 5.60. The van der Waals surface area contributed by atoms with Crippen molar-refractivity contribution in [3.05, 3.63) is 16.3 Å². The summed E-state index contributed by atoms with van der Waals surface area (Å²) in [5.41, 5.74) is -1.55. The number of nitrogens with zero attached hydrogens (tertiary/aromatic N) is 3. The number of likely N-dealkylation sites (tertiary alicyclic amines) is 1. The van der Waals surface area contributed by atoms with Gasteiger partial charge in [-0.3, -0.25) is 0 Å². The van der Waals surface area contributed by atoms with E-state index in [1.54, 1.807) is 4.90 Å². The van der Waals surface area contributed by atoms with Crippen LogP contribution in [0.25, 0.3) is 0 Å². The zero-order chi connectivity index (χ0) is 20.9. The maximum absolute atomic E-state index is 13.2. The standard InChI is InChI=1S/C18H24ClF3N4O2/c1-9-13(18(20,21)22)14(19)24-25-15(9)23-12-5-10-7-26(8-11(10)6-12)16(27)28-17(2,3)4/h10-12H,5-8H2,1-4H3,(H,23,25)/t10-,11+,12?. The van der Waals surface area contributed by atoms with Gasteiger partial charge in [0.05, 0.1) is 0 Å². The number of hydrogen-bond acceptors (Lipinski definition) is 5. The SMILES string of the molecule is Cc1c(NC2C[C@@H]3CN(C(=O)OC(C)(C)C)C[C@@H]3C2)nnc(Cl)c1C(F)(F)F. The predicted molar refractivity (Wildman–Crippen MR) is 98.2 cm³/mol. The first-order chi connectivity index (χ1) is 12.8. The largest absolute Gasteiger partial charge is 0.444 e. The molecule has 1 saturated heterocycles. The van der Waals surface area contributed by atoms with Gasteiger partial charge in [-0.25, -0.2) is 4.79 Å². The van der Waals surface area contributed by atoms with Gasteiger partial charge in [-0.2, -0.15) is 13.2 Å². The highest BCUT2D eigenvalue weighted by Gasteiger charge is 2.44. The van der Waals surface area contributed by atoms with Crippen molar-refractivity contribution in [2.45, 2.75) is 58.4 Å². The minimum atomic E-state index is -4.59. The Balaban J connectivity index is 1.63. The highest BCUT2D eigenvalue weighted by molar-refractivity contribution is 6.30. The summed E-state index contributed by atoms with van der Waals surface area (Å²) in [7, 11) is 0. The summed E-state index contributed by atoms with van der Waals surface area (Å²) in [5.74, 6) is 0.672. The van der Waals surface area contributed by atoms with Crippen LogP contribution in [-0.2, 0) is 10.9 Å². The molecule has 0 aromatic carbocycles. The Bertz CT molecular complexity index is 752. The lowest BCUT2D eigenvalue weighted by molar-refractivity contribution is -0.138. The Morgan fingerprint density at radius 3 is 2.25 bits per heavy atom. The minimum Gasteiger partial charge on any atom is -0.444 e. The Morgan fingerprint density at radius 1 is 1.18 bits per heavy atom. The number of amides is 1. The lowest BCUT2D eigenvalue weighted by Gasteiger charge is -2.25. The second-order valence-corrected chi connectivity index (χ2v) is 8.91. The fourth-order valence-electron chi connectivity index (χ4n) is 4.05. The molecule has 1 aromatic rings. The van der Waals surface area contributed by atoms with Gasteiger partial charge in [-0.15, -0.1) is 10.2 Å². The number of carbonyl (C=O) groups excluding carboxylic acids is 1. The summed E-state index contributed by atoms with van der Waals surface area (Å²) in [5, 5.41) is 9.72. The number of anilines is 1. The molecule has 0 spiro atoms. The number of hydrogen-bond donors (Lipinski definition) is 1. The van der Waals surface area contributed by atoms with Crippen LogP contribution in [0.3, 0.4) is 0 Å². The molecule has 1 saturated carbocycles. The monoisotopic (exact) mass is 420 g/mol. The summed E-state index contributed by atoms with van der Waals surface area (Å²) in [6, 6.07) is -0.0222. The second-order valence-electron chi connectivity index (χ2n) is 8.56. The van der Waals surface area contributed by atoms with Crippen molar-refractivity contribution in [3.63, 3.8) is 0 Å². The zero-order valence-corrected chi connectivity index (χ0v) is 17.0. The Morgan fingerprint density at radius 2 is 1.75 bits per heavy atom. The second kappa shape index (κ2) is 7.24. The number of nitrogens with one attached hydrogen (secondary N) is 1. The maximum Gasteiger partial charge on any atom is 0.419 e. The molecule has 10 heteroatoms. The van der Waals surface area contributed by atoms with Crippen LogP contribution in [0.2, 0.25) is 5.15 Å². The van der Waals surface area contributed by atoms with Crippen molar-refractivity contribution in [2.24, 2.45) is 11.8 Å². The summed E-state index contributed by atoms with van der Waals surface area (Å²) in [6.45, 7) is 8.00.